The minimum atomic E-state index is 0. The summed E-state index contributed by atoms with van der Waals surface area (Å²) in [5.74, 6) is 2.52. The van der Waals surface area contributed by atoms with Crippen LogP contribution in [0.15, 0.2) is 59.8 Å². The predicted molar refractivity (Wildman–Crippen MR) is 116 cm³/mol. The van der Waals surface area contributed by atoms with Crippen molar-refractivity contribution < 1.29 is 5.11 Å². The molecule has 0 aliphatic rings. The molecule has 0 spiro atoms. The lowest BCUT2D eigenvalue weighted by Gasteiger charge is -2.11. The molecule has 6 heteroatoms. The number of aryl methyl sites for hydroxylation is 1. The van der Waals surface area contributed by atoms with Gasteiger partial charge in [-0.15, -0.1) is 12.4 Å². The van der Waals surface area contributed by atoms with E-state index in [1.54, 1.807) is 23.9 Å². The molecule has 3 rings (SSSR count). The van der Waals surface area contributed by atoms with E-state index in [-0.39, 0.29) is 18.2 Å². The highest BCUT2D eigenvalue weighted by molar-refractivity contribution is 7.99. The van der Waals surface area contributed by atoms with Crippen LogP contribution in [-0.2, 0) is 0 Å². The van der Waals surface area contributed by atoms with Crippen molar-refractivity contribution >= 4 is 35.7 Å². The third-order valence-electron chi connectivity index (χ3n) is 3.70. The maximum atomic E-state index is 9.45. The molecule has 0 aliphatic carbocycles. The minimum Gasteiger partial charge on any atom is -0.508 e. The van der Waals surface area contributed by atoms with Gasteiger partial charge in [0.05, 0.1) is 5.69 Å². The van der Waals surface area contributed by atoms with Crippen LogP contribution in [0.2, 0.25) is 0 Å². The van der Waals surface area contributed by atoms with Crippen molar-refractivity contribution in [1.29, 1.82) is 0 Å². The van der Waals surface area contributed by atoms with Crippen LogP contribution in [0.5, 0.6) is 5.75 Å². The standard InChI is InChI=1S/C21H23N3OS.ClH/c1-14(2)13-26-21-23-19(16-6-4-5-15(3)11-16)12-20(24-21)22-17-7-9-18(25)10-8-17;/h4-12,14,25H,13H2,1-3H3,(H,22,23,24);1H. The Morgan fingerprint density at radius 1 is 1.04 bits per heavy atom. The lowest BCUT2D eigenvalue weighted by Crippen LogP contribution is -2.00. The fraction of sp³-hybridized carbons (Fsp3) is 0.238. The van der Waals surface area contributed by atoms with Crippen molar-refractivity contribution in [2.24, 2.45) is 5.92 Å². The van der Waals surface area contributed by atoms with Gasteiger partial charge in [0, 0.05) is 23.1 Å². The van der Waals surface area contributed by atoms with Gasteiger partial charge in [0.1, 0.15) is 11.6 Å². The topological polar surface area (TPSA) is 58.0 Å². The van der Waals surface area contributed by atoms with E-state index in [2.05, 4.69) is 49.3 Å². The van der Waals surface area contributed by atoms with E-state index in [0.29, 0.717) is 5.92 Å². The van der Waals surface area contributed by atoms with Crippen molar-refractivity contribution in [2.45, 2.75) is 25.9 Å². The molecule has 0 radical (unpaired) electrons. The second-order valence-corrected chi connectivity index (χ2v) is 7.65. The SMILES string of the molecule is Cc1cccc(-c2cc(Nc3ccc(O)cc3)nc(SCC(C)C)n2)c1.Cl. The first-order chi connectivity index (χ1) is 12.5. The molecular formula is C21H24ClN3OS. The molecule has 1 aromatic heterocycles. The third-order valence-corrected chi connectivity index (χ3v) is 4.98. The normalized spacial score (nSPS) is 10.5. The van der Waals surface area contributed by atoms with E-state index < -0.39 is 0 Å². The average Bonchev–Trinajstić information content (AvgIpc) is 2.62. The van der Waals surface area contributed by atoms with Crippen LogP contribution in [0, 0.1) is 12.8 Å². The summed E-state index contributed by atoms with van der Waals surface area (Å²) in [6, 6.07) is 17.2. The number of nitrogens with one attached hydrogen (secondary N) is 1. The average molecular weight is 402 g/mol. The number of aromatic hydroxyl groups is 1. The van der Waals surface area contributed by atoms with Gasteiger partial charge in [-0.3, -0.25) is 0 Å². The van der Waals surface area contributed by atoms with Crippen LogP contribution >= 0.6 is 24.2 Å². The predicted octanol–water partition coefficient (Wildman–Crippen LogP) is 6.07. The number of thioether (sulfide) groups is 1. The number of benzene rings is 2. The molecule has 0 aliphatic heterocycles. The monoisotopic (exact) mass is 401 g/mol. The van der Waals surface area contributed by atoms with Gasteiger partial charge >= 0.3 is 0 Å². The Morgan fingerprint density at radius 3 is 2.44 bits per heavy atom. The van der Waals surface area contributed by atoms with Gasteiger partial charge in [-0.2, -0.15) is 0 Å². The Kier molecular flexibility index (Phi) is 7.51. The van der Waals surface area contributed by atoms with Crippen LogP contribution in [0.3, 0.4) is 0 Å². The van der Waals surface area contributed by atoms with Gasteiger partial charge in [0.25, 0.3) is 0 Å². The van der Waals surface area contributed by atoms with Gasteiger partial charge in [-0.25, -0.2) is 9.97 Å². The number of anilines is 2. The maximum Gasteiger partial charge on any atom is 0.190 e. The van der Waals surface area contributed by atoms with Crippen LogP contribution in [0.1, 0.15) is 19.4 Å². The quantitative estimate of drug-likeness (QED) is 0.298. The van der Waals surface area contributed by atoms with Crippen molar-refractivity contribution in [3.63, 3.8) is 0 Å². The van der Waals surface area contributed by atoms with E-state index in [1.165, 1.54) is 5.56 Å². The van der Waals surface area contributed by atoms with E-state index >= 15 is 0 Å². The van der Waals surface area contributed by atoms with Crippen LogP contribution in [-0.4, -0.2) is 20.8 Å². The summed E-state index contributed by atoms with van der Waals surface area (Å²) in [5.41, 5.74) is 4.05. The molecule has 0 amide bonds. The summed E-state index contributed by atoms with van der Waals surface area (Å²) in [6.07, 6.45) is 0. The number of aromatic nitrogens is 2. The molecule has 0 saturated carbocycles. The second kappa shape index (κ2) is 9.62. The summed E-state index contributed by atoms with van der Waals surface area (Å²) in [5, 5.41) is 13.5. The van der Waals surface area contributed by atoms with Gasteiger partial charge in [0.2, 0.25) is 0 Å². The summed E-state index contributed by atoms with van der Waals surface area (Å²) < 4.78 is 0. The number of phenolic OH excluding ortho intramolecular Hbond substituents is 1. The fourth-order valence-corrected chi connectivity index (χ4v) is 3.25. The number of halogens is 1. The molecule has 0 bridgehead atoms. The third kappa shape index (κ3) is 6.15. The zero-order chi connectivity index (χ0) is 18.5. The highest BCUT2D eigenvalue weighted by atomic mass is 35.5. The number of rotatable bonds is 6. The first-order valence-corrected chi connectivity index (χ1v) is 9.63. The molecule has 27 heavy (non-hydrogen) atoms. The summed E-state index contributed by atoms with van der Waals surface area (Å²) in [6.45, 7) is 6.45. The lowest BCUT2D eigenvalue weighted by atomic mass is 10.1. The molecular weight excluding hydrogens is 378 g/mol. The Morgan fingerprint density at radius 2 is 1.78 bits per heavy atom. The van der Waals surface area contributed by atoms with Crippen molar-refractivity contribution in [3.8, 4) is 17.0 Å². The summed E-state index contributed by atoms with van der Waals surface area (Å²) in [7, 11) is 0. The molecule has 2 aromatic carbocycles. The second-order valence-electron chi connectivity index (χ2n) is 6.67. The van der Waals surface area contributed by atoms with Gasteiger partial charge < -0.3 is 10.4 Å². The van der Waals surface area contributed by atoms with E-state index in [1.807, 2.05) is 24.3 Å². The van der Waals surface area contributed by atoms with Gasteiger partial charge in [-0.05, 0) is 43.2 Å². The van der Waals surface area contributed by atoms with Crippen LogP contribution in [0.25, 0.3) is 11.3 Å². The highest BCUT2D eigenvalue weighted by Crippen LogP contribution is 2.27. The molecule has 142 valence electrons. The Balaban J connectivity index is 0.00000261. The molecule has 0 saturated heterocycles. The van der Waals surface area contributed by atoms with Crippen LogP contribution in [0.4, 0.5) is 11.5 Å². The lowest BCUT2D eigenvalue weighted by molar-refractivity contribution is 0.475. The summed E-state index contributed by atoms with van der Waals surface area (Å²) in [4.78, 5) is 9.39. The first-order valence-electron chi connectivity index (χ1n) is 8.64. The number of phenols is 1. The molecule has 3 aromatic rings. The zero-order valence-corrected chi connectivity index (χ0v) is 17.3. The molecule has 0 unspecified atom stereocenters. The first kappa shape index (κ1) is 21.1. The highest BCUT2D eigenvalue weighted by Gasteiger charge is 2.09. The van der Waals surface area contributed by atoms with Gasteiger partial charge in [-0.1, -0.05) is 49.4 Å². The molecule has 4 nitrogen and oxygen atoms in total. The Hall–Kier alpha value is -2.24. The number of nitrogens with zero attached hydrogens (tertiary/aromatic N) is 2. The van der Waals surface area contributed by atoms with Crippen molar-refractivity contribution in [1.82, 2.24) is 9.97 Å². The number of hydrogen-bond donors (Lipinski definition) is 2. The minimum absolute atomic E-state index is 0. The molecule has 0 atom stereocenters. The van der Waals surface area contributed by atoms with Crippen LogP contribution < -0.4 is 5.32 Å². The van der Waals surface area contributed by atoms with E-state index in [4.69, 9.17) is 4.98 Å². The van der Waals surface area contributed by atoms with Crippen molar-refractivity contribution in [2.75, 3.05) is 11.1 Å². The van der Waals surface area contributed by atoms with Gasteiger partial charge in [0.15, 0.2) is 5.16 Å². The zero-order valence-electron chi connectivity index (χ0n) is 15.6. The number of hydrogen-bond acceptors (Lipinski definition) is 5. The fourth-order valence-electron chi connectivity index (χ4n) is 2.44. The summed E-state index contributed by atoms with van der Waals surface area (Å²) >= 11 is 1.67. The Bertz CT molecular complexity index is 885. The smallest absolute Gasteiger partial charge is 0.190 e. The van der Waals surface area contributed by atoms with E-state index in [0.717, 1.165) is 33.7 Å². The maximum absolute atomic E-state index is 9.45. The molecule has 1 heterocycles. The Labute approximate surface area is 170 Å². The van der Waals surface area contributed by atoms with Crippen molar-refractivity contribution in [3.05, 3.63) is 60.2 Å². The largest absolute Gasteiger partial charge is 0.508 e. The molecule has 2 N–H and O–H groups in total. The molecule has 0 fully saturated rings. The van der Waals surface area contributed by atoms with E-state index in [9.17, 15) is 5.11 Å².